The minimum atomic E-state index is -2.61. The first kappa shape index (κ1) is 22.7. The van der Waals surface area contributed by atoms with Crippen LogP contribution in [-0.4, -0.2) is 58.6 Å². The van der Waals surface area contributed by atoms with Crippen molar-refractivity contribution in [2.75, 3.05) is 13.1 Å². The van der Waals surface area contributed by atoms with Gasteiger partial charge in [0.05, 0.1) is 53.4 Å². The Morgan fingerprint density at radius 1 is 0.974 bits per heavy atom. The van der Waals surface area contributed by atoms with Crippen LogP contribution in [0.4, 0.5) is 8.78 Å². The average Bonchev–Trinajstić information content (AvgIpc) is 3.69. The van der Waals surface area contributed by atoms with Gasteiger partial charge in [-0.15, -0.1) is 0 Å². The third-order valence-electron chi connectivity index (χ3n) is 7.12. The van der Waals surface area contributed by atoms with Gasteiger partial charge in [0.1, 0.15) is 5.69 Å². The highest BCUT2D eigenvalue weighted by Gasteiger charge is 2.37. The van der Waals surface area contributed by atoms with Gasteiger partial charge >= 0.3 is 0 Å². The number of likely N-dealkylation sites (tertiary alicyclic amines) is 1. The first-order valence-corrected chi connectivity index (χ1v) is 12.4. The Morgan fingerprint density at radius 3 is 2.68 bits per heavy atom. The van der Waals surface area contributed by atoms with Crippen molar-refractivity contribution in [3.05, 3.63) is 78.9 Å². The monoisotopic (exact) mass is 510 g/mol. The van der Waals surface area contributed by atoms with E-state index in [1.165, 1.54) is 0 Å². The summed E-state index contributed by atoms with van der Waals surface area (Å²) in [4.78, 5) is 18.4. The van der Waals surface area contributed by atoms with Gasteiger partial charge in [0.2, 0.25) is 0 Å². The van der Waals surface area contributed by atoms with Crippen LogP contribution in [-0.2, 0) is 6.54 Å². The second-order valence-corrected chi connectivity index (χ2v) is 9.96. The zero-order chi connectivity index (χ0) is 25.9. The first-order chi connectivity index (χ1) is 18.4. The van der Waals surface area contributed by atoms with Gasteiger partial charge in [-0.25, -0.2) is 13.8 Å². The zero-order valence-electron chi connectivity index (χ0n) is 20.6. The Kier molecular flexibility index (Phi) is 5.12. The summed E-state index contributed by atoms with van der Waals surface area (Å²) < 4.78 is 29.2. The molecule has 6 aromatic rings. The first-order valence-electron chi connectivity index (χ1n) is 12.4. The lowest BCUT2D eigenvalue weighted by molar-refractivity contribution is 0.0115. The molecule has 5 aromatic heterocycles. The molecule has 0 saturated carbocycles. The number of nitrogens with one attached hydrogen (secondary N) is 2. The Hall–Kier alpha value is -4.44. The molecular formula is C28H24F2N8. The van der Waals surface area contributed by atoms with Crippen LogP contribution in [0.15, 0.2) is 67.6 Å². The summed E-state index contributed by atoms with van der Waals surface area (Å²) >= 11 is 0. The maximum Gasteiger partial charge on any atom is 0.261 e. The number of aromatic amines is 2. The molecule has 0 radical (unpaired) electrons. The molecule has 190 valence electrons. The number of alkyl halides is 2. The third kappa shape index (κ3) is 4.03. The van der Waals surface area contributed by atoms with Crippen molar-refractivity contribution in [3.8, 4) is 28.2 Å². The van der Waals surface area contributed by atoms with Crippen molar-refractivity contribution in [3.63, 3.8) is 0 Å². The van der Waals surface area contributed by atoms with Gasteiger partial charge in [0, 0.05) is 54.4 Å². The van der Waals surface area contributed by atoms with Crippen LogP contribution < -0.4 is 0 Å². The average molecular weight is 511 g/mol. The second-order valence-electron chi connectivity index (χ2n) is 9.96. The van der Waals surface area contributed by atoms with Crippen molar-refractivity contribution in [2.24, 2.45) is 0 Å². The minimum absolute atomic E-state index is 0.0900. The SMILES string of the molecule is Cc1cn(-c2cncc3[nH]c(-c4n[nH]c5ccc(-c6cncc(CN7CCC(F)(F)C7)c6)cc45)cc23)cn1. The third-order valence-corrected chi connectivity index (χ3v) is 7.12. The number of imidazole rings is 1. The van der Waals surface area contributed by atoms with E-state index in [9.17, 15) is 8.78 Å². The minimum Gasteiger partial charge on any atom is -0.352 e. The van der Waals surface area contributed by atoms with E-state index in [-0.39, 0.29) is 13.0 Å². The number of hydrogen-bond donors (Lipinski definition) is 2. The van der Waals surface area contributed by atoms with Gasteiger partial charge < -0.3 is 9.55 Å². The van der Waals surface area contributed by atoms with Crippen LogP contribution in [0.25, 0.3) is 50.0 Å². The lowest BCUT2D eigenvalue weighted by atomic mass is 10.0. The molecule has 0 atom stereocenters. The van der Waals surface area contributed by atoms with Crippen LogP contribution in [0.1, 0.15) is 17.7 Å². The van der Waals surface area contributed by atoms with E-state index in [0.717, 1.165) is 61.3 Å². The number of hydrogen-bond acceptors (Lipinski definition) is 5. The van der Waals surface area contributed by atoms with Crippen LogP contribution in [0.5, 0.6) is 0 Å². The fourth-order valence-electron chi connectivity index (χ4n) is 5.25. The molecular weight excluding hydrogens is 486 g/mol. The van der Waals surface area contributed by atoms with Gasteiger partial charge in [0.25, 0.3) is 5.92 Å². The number of aryl methyl sites for hydroxylation is 1. The predicted molar refractivity (Wildman–Crippen MR) is 141 cm³/mol. The maximum absolute atomic E-state index is 13.6. The molecule has 0 amide bonds. The highest BCUT2D eigenvalue weighted by atomic mass is 19.3. The van der Waals surface area contributed by atoms with Gasteiger partial charge in [0.15, 0.2) is 0 Å². The molecule has 0 aliphatic carbocycles. The Morgan fingerprint density at radius 2 is 1.87 bits per heavy atom. The van der Waals surface area contributed by atoms with Crippen molar-refractivity contribution >= 4 is 21.8 Å². The number of rotatable bonds is 5. The highest BCUT2D eigenvalue weighted by molar-refractivity contribution is 5.99. The Balaban J connectivity index is 1.24. The Bertz CT molecular complexity index is 1800. The van der Waals surface area contributed by atoms with Crippen LogP contribution in [0.2, 0.25) is 0 Å². The molecule has 7 rings (SSSR count). The van der Waals surface area contributed by atoms with E-state index >= 15 is 0 Å². The summed E-state index contributed by atoms with van der Waals surface area (Å²) in [6, 6.07) is 10.2. The normalized spacial score (nSPS) is 15.7. The molecule has 38 heavy (non-hydrogen) atoms. The number of fused-ring (bicyclic) bond motifs is 2. The molecule has 6 heterocycles. The van der Waals surface area contributed by atoms with E-state index in [0.29, 0.717) is 13.1 Å². The van der Waals surface area contributed by atoms with Crippen LogP contribution >= 0.6 is 0 Å². The summed E-state index contributed by atoms with van der Waals surface area (Å²) in [5.41, 5.74) is 8.18. The summed E-state index contributed by atoms with van der Waals surface area (Å²) in [7, 11) is 0. The number of aromatic nitrogens is 7. The maximum atomic E-state index is 13.6. The van der Waals surface area contributed by atoms with Crippen molar-refractivity contribution < 1.29 is 8.78 Å². The van der Waals surface area contributed by atoms with E-state index < -0.39 is 5.92 Å². The molecule has 1 aliphatic rings. The van der Waals surface area contributed by atoms with Crippen molar-refractivity contribution in [1.82, 2.24) is 39.6 Å². The molecule has 10 heteroatoms. The molecule has 0 bridgehead atoms. The van der Waals surface area contributed by atoms with Crippen molar-refractivity contribution in [2.45, 2.75) is 25.8 Å². The van der Waals surface area contributed by atoms with Gasteiger partial charge in [-0.05, 0) is 42.3 Å². The zero-order valence-corrected chi connectivity index (χ0v) is 20.6. The standard InChI is InChI=1S/C28H24F2N8/c1-17-13-38(16-33-17)26-12-32-11-25-21(26)8-24(34-25)27-22-7-19(2-3-23(22)35-36-27)20-6-18(9-31-10-20)14-37-5-4-28(29,30)15-37/h2-3,6-13,16,34H,4-5,14-15H2,1H3,(H,35,36). The number of halogens is 2. The molecule has 1 aromatic carbocycles. The molecule has 8 nitrogen and oxygen atoms in total. The topological polar surface area (TPSA) is 91.3 Å². The van der Waals surface area contributed by atoms with E-state index in [4.69, 9.17) is 0 Å². The molecule has 1 aliphatic heterocycles. The van der Waals surface area contributed by atoms with E-state index in [2.05, 4.69) is 42.3 Å². The fraction of sp³-hybridized carbons (Fsp3) is 0.214. The fourth-order valence-corrected chi connectivity index (χ4v) is 5.25. The second kappa shape index (κ2) is 8.56. The summed E-state index contributed by atoms with van der Waals surface area (Å²) in [5.74, 6) is -2.61. The van der Waals surface area contributed by atoms with Crippen LogP contribution in [0.3, 0.4) is 0 Å². The molecule has 1 saturated heterocycles. The largest absolute Gasteiger partial charge is 0.352 e. The number of H-pyrrole nitrogens is 2. The van der Waals surface area contributed by atoms with Crippen molar-refractivity contribution in [1.29, 1.82) is 0 Å². The quantitative estimate of drug-likeness (QED) is 0.319. The lowest BCUT2D eigenvalue weighted by Gasteiger charge is -2.15. The van der Waals surface area contributed by atoms with Gasteiger partial charge in [-0.2, -0.15) is 5.10 Å². The van der Waals surface area contributed by atoms with Gasteiger partial charge in [-0.1, -0.05) is 6.07 Å². The van der Waals surface area contributed by atoms with E-state index in [1.54, 1.807) is 29.8 Å². The molecule has 1 fully saturated rings. The van der Waals surface area contributed by atoms with E-state index in [1.807, 2.05) is 42.1 Å². The summed E-state index contributed by atoms with van der Waals surface area (Å²) in [5, 5.41) is 9.73. The number of pyridine rings is 2. The van der Waals surface area contributed by atoms with Crippen LogP contribution in [0, 0.1) is 6.92 Å². The summed E-state index contributed by atoms with van der Waals surface area (Å²) in [6.07, 6.45) is 10.8. The number of nitrogens with zero attached hydrogens (tertiary/aromatic N) is 6. The number of benzene rings is 1. The molecule has 0 spiro atoms. The lowest BCUT2D eigenvalue weighted by Crippen LogP contribution is -2.24. The Labute approximate surface area is 216 Å². The summed E-state index contributed by atoms with van der Waals surface area (Å²) in [6.45, 7) is 2.60. The smallest absolute Gasteiger partial charge is 0.261 e. The molecule has 0 unspecified atom stereocenters. The predicted octanol–water partition coefficient (Wildman–Crippen LogP) is 5.50. The molecule has 2 N–H and O–H groups in total. The van der Waals surface area contributed by atoms with Gasteiger partial charge in [-0.3, -0.25) is 20.0 Å². The highest BCUT2D eigenvalue weighted by Crippen LogP contribution is 2.34.